The number of aryl methyl sites for hydroxylation is 2. The van der Waals surface area contributed by atoms with Gasteiger partial charge < -0.3 is 9.88 Å². The van der Waals surface area contributed by atoms with Crippen LogP contribution in [0.15, 0.2) is 24.3 Å². The summed E-state index contributed by atoms with van der Waals surface area (Å²) < 4.78 is 2.39. The van der Waals surface area contributed by atoms with Gasteiger partial charge in [-0.1, -0.05) is 18.2 Å². The molecule has 86 valence electrons. The van der Waals surface area contributed by atoms with Crippen LogP contribution in [-0.2, 0) is 6.54 Å². The van der Waals surface area contributed by atoms with Crippen LogP contribution in [0.5, 0.6) is 0 Å². The molecule has 1 unspecified atom stereocenters. The van der Waals surface area contributed by atoms with Crippen molar-refractivity contribution in [3.63, 3.8) is 0 Å². The van der Waals surface area contributed by atoms with E-state index >= 15 is 0 Å². The van der Waals surface area contributed by atoms with Gasteiger partial charge in [-0.2, -0.15) is 0 Å². The van der Waals surface area contributed by atoms with E-state index in [1.807, 2.05) is 7.05 Å². The number of nitrogens with zero attached hydrogens (tertiary/aromatic N) is 1. The topological polar surface area (TPSA) is 17.0 Å². The van der Waals surface area contributed by atoms with Crippen molar-refractivity contribution in [3.05, 3.63) is 35.5 Å². The summed E-state index contributed by atoms with van der Waals surface area (Å²) in [4.78, 5) is 0. The minimum Gasteiger partial charge on any atom is -0.345 e. The van der Waals surface area contributed by atoms with Gasteiger partial charge in [0.2, 0.25) is 0 Å². The first-order chi connectivity index (χ1) is 7.69. The molecule has 1 N–H and O–H groups in total. The largest absolute Gasteiger partial charge is 0.345 e. The monoisotopic (exact) mass is 216 g/mol. The highest BCUT2D eigenvalue weighted by Gasteiger charge is 2.12. The average Bonchev–Trinajstić information content (AvgIpc) is 2.63. The van der Waals surface area contributed by atoms with Crippen LogP contribution in [0.25, 0.3) is 10.9 Å². The van der Waals surface area contributed by atoms with Crippen LogP contribution in [0.2, 0.25) is 0 Å². The summed E-state index contributed by atoms with van der Waals surface area (Å²) >= 11 is 0. The maximum absolute atomic E-state index is 3.32. The Morgan fingerprint density at radius 1 is 1.38 bits per heavy atom. The van der Waals surface area contributed by atoms with Crippen molar-refractivity contribution in [1.82, 2.24) is 9.88 Å². The molecule has 0 aliphatic rings. The Hall–Kier alpha value is -1.28. The summed E-state index contributed by atoms with van der Waals surface area (Å²) in [6.07, 6.45) is 0. The molecule has 2 nitrogen and oxygen atoms in total. The van der Waals surface area contributed by atoms with E-state index in [-0.39, 0.29) is 0 Å². The normalized spacial score (nSPS) is 13.2. The van der Waals surface area contributed by atoms with Crippen molar-refractivity contribution in [3.8, 4) is 0 Å². The third-order valence-electron chi connectivity index (χ3n) is 3.37. The summed E-state index contributed by atoms with van der Waals surface area (Å²) in [5.41, 5.74) is 4.10. The molecule has 1 aromatic heterocycles. The predicted molar refractivity (Wildman–Crippen MR) is 69.8 cm³/mol. The second-order valence-electron chi connectivity index (χ2n) is 4.33. The van der Waals surface area contributed by atoms with E-state index < -0.39 is 0 Å². The molecule has 2 aromatic rings. The molecule has 16 heavy (non-hydrogen) atoms. The van der Waals surface area contributed by atoms with Gasteiger partial charge in [-0.25, -0.2) is 0 Å². The maximum Gasteiger partial charge on any atom is 0.0530 e. The van der Waals surface area contributed by atoms with Crippen molar-refractivity contribution in [1.29, 1.82) is 0 Å². The van der Waals surface area contributed by atoms with Gasteiger partial charge in [0.15, 0.2) is 0 Å². The van der Waals surface area contributed by atoms with Gasteiger partial charge in [0, 0.05) is 23.7 Å². The maximum atomic E-state index is 3.32. The lowest BCUT2D eigenvalue weighted by Crippen LogP contribution is -2.13. The summed E-state index contributed by atoms with van der Waals surface area (Å²) in [5.74, 6) is 0. The smallest absolute Gasteiger partial charge is 0.0530 e. The first kappa shape index (κ1) is 11.2. The molecule has 0 aliphatic heterocycles. The number of nitrogens with one attached hydrogen (secondary N) is 1. The quantitative estimate of drug-likeness (QED) is 0.833. The molecular formula is C14H20N2. The lowest BCUT2D eigenvalue weighted by molar-refractivity contribution is 0.650. The molecule has 1 heterocycles. The number of aromatic nitrogens is 1. The van der Waals surface area contributed by atoms with E-state index in [9.17, 15) is 0 Å². The van der Waals surface area contributed by atoms with Crippen LogP contribution in [0.1, 0.15) is 31.1 Å². The van der Waals surface area contributed by atoms with Gasteiger partial charge in [-0.05, 0) is 39.4 Å². The zero-order valence-corrected chi connectivity index (χ0v) is 10.5. The van der Waals surface area contributed by atoms with Gasteiger partial charge in [0.05, 0.1) is 5.52 Å². The van der Waals surface area contributed by atoms with Gasteiger partial charge in [-0.15, -0.1) is 0 Å². The summed E-state index contributed by atoms with van der Waals surface area (Å²) in [6, 6.07) is 9.22. The number of rotatable bonds is 3. The Balaban J connectivity index is 2.74. The lowest BCUT2D eigenvalue weighted by atomic mass is 10.1. The van der Waals surface area contributed by atoms with E-state index in [1.54, 1.807) is 0 Å². The molecule has 2 rings (SSSR count). The molecule has 0 fully saturated rings. The number of hydrogen-bond donors (Lipinski definition) is 1. The predicted octanol–water partition coefficient (Wildman–Crippen LogP) is 3.25. The zero-order valence-electron chi connectivity index (χ0n) is 10.5. The molecule has 1 aromatic carbocycles. The summed E-state index contributed by atoms with van der Waals surface area (Å²) in [5, 5.41) is 4.67. The summed E-state index contributed by atoms with van der Waals surface area (Å²) in [7, 11) is 2.01. The Bertz CT molecular complexity index is 497. The molecule has 0 bridgehead atoms. The molecule has 2 heteroatoms. The van der Waals surface area contributed by atoms with E-state index in [0.29, 0.717) is 6.04 Å². The highest BCUT2D eigenvalue weighted by atomic mass is 15.0. The fourth-order valence-corrected chi connectivity index (χ4v) is 2.40. The van der Waals surface area contributed by atoms with Crippen molar-refractivity contribution >= 4 is 10.9 Å². The van der Waals surface area contributed by atoms with Gasteiger partial charge in [0.1, 0.15) is 0 Å². The number of para-hydroxylation sites is 1. The minimum atomic E-state index is 0.392. The molecule has 0 saturated heterocycles. The minimum absolute atomic E-state index is 0.392. The average molecular weight is 216 g/mol. The van der Waals surface area contributed by atoms with Crippen molar-refractivity contribution < 1.29 is 0 Å². The van der Waals surface area contributed by atoms with Crippen LogP contribution in [0.4, 0.5) is 0 Å². The second-order valence-corrected chi connectivity index (χ2v) is 4.33. The van der Waals surface area contributed by atoms with Crippen LogP contribution in [0, 0.1) is 6.92 Å². The Morgan fingerprint density at radius 3 is 2.75 bits per heavy atom. The SMILES string of the molecule is CCn1c(C)cc2cccc(C(C)NC)c21. The van der Waals surface area contributed by atoms with Crippen molar-refractivity contribution in [2.75, 3.05) is 7.05 Å². The molecule has 0 radical (unpaired) electrons. The standard InChI is InChI=1S/C14H20N2/c1-5-16-10(2)9-12-7-6-8-13(14(12)16)11(3)15-4/h6-9,11,15H,5H2,1-4H3. The molecule has 0 aliphatic carbocycles. The Morgan fingerprint density at radius 2 is 2.12 bits per heavy atom. The zero-order chi connectivity index (χ0) is 11.7. The van der Waals surface area contributed by atoms with E-state index in [2.05, 4.69) is 54.9 Å². The Kier molecular flexibility index (Phi) is 3.01. The molecule has 0 spiro atoms. The van der Waals surface area contributed by atoms with Gasteiger partial charge in [0.25, 0.3) is 0 Å². The van der Waals surface area contributed by atoms with Gasteiger partial charge in [-0.3, -0.25) is 0 Å². The number of fused-ring (bicyclic) bond motifs is 1. The van der Waals surface area contributed by atoms with Crippen molar-refractivity contribution in [2.24, 2.45) is 0 Å². The fraction of sp³-hybridized carbons (Fsp3) is 0.429. The van der Waals surface area contributed by atoms with Crippen LogP contribution in [-0.4, -0.2) is 11.6 Å². The molecule has 1 atom stereocenters. The van der Waals surface area contributed by atoms with Crippen molar-refractivity contribution in [2.45, 2.75) is 33.4 Å². The second kappa shape index (κ2) is 4.30. The van der Waals surface area contributed by atoms with E-state index in [4.69, 9.17) is 0 Å². The van der Waals surface area contributed by atoms with E-state index in [1.165, 1.54) is 22.2 Å². The molecule has 0 amide bonds. The summed E-state index contributed by atoms with van der Waals surface area (Å²) in [6.45, 7) is 7.62. The molecule has 0 saturated carbocycles. The highest BCUT2D eigenvalue weighted by molar-refractivity contribution is 5.85. The number of hydrogen-bond acceptors (Lipinski definition) is 1. The first-order valence-electron chi connectivity index (χ1n) is 5.95. The first-order valence-corrected chi connectivity index (χ1v) is 5.95. The van der Waals surface area contributed by atoms with Crippen LogP contribution in [0.3, 0.4) is 0 Å². The fourth-order valence-electron chi connectivity index (χ4n) is 2.40. The third kappa shape index (κ3) is 1.63. The van der Waals surface area contributed by atoms with Gasteiger partial charge >= 0.3 is 0 Å². The van der Waals surface area contributed by atoms with E-state index in [0.717, 1.165) is 6.54 Å². The van der Waals surface area contributed by atoms with Crippen LogP contribution >= 0.6 is 0 Å². The Labute approximate surface area is 97.3 Å². The third-order valence-corrected chi connectivity index (χ3v) is 3.37. The number of benzene rings is 1. The molecular weight excluding hydrogens is 196 g/mol. The lowest BCUT2D eigenvalue weighted by Gasteiger charge is -2.15. The highest BCUT2D eigenvalue weighted by Crippen LogP contribution is 2.27. The van der Waals surface area contributed by atoms with Crippen LogP contribution < -0.4 is 5.32 Å².